The first-order chi connectivity index (χ1) is 15.5. The number of nitrogens with one attached hydrogen (secondary N) is 2. The van der Waals surface area contributed by atoms with Crippen molar-refractivity contribution in [3.05, 3.63) is 47.7 Å². The van der Waals surface area contributed by atoms with Crippen molar-refractivity contribution in [1.82, 2.24) is 30.4 Å². The third-order valence-corrected chi connectivity index (χ3v) is 5.33. The molecular weight excluding hydrogens is 408 g/mol. The van der Waals surface area contributed by atoms with E-state index in [1.165, 1.54) is 19.8 Å². The molecule has 3 aromatic rings. The van der Waals surface area contributed by atoms with Gasteiger partial charge in [-0.1, -0.05) is 0 Å². The largest absolute Gasteiger partial charge is 0.491 e. The van der Waals surface area contributed by atoms with Gasteiger partial charge in [0.15, 0.2) is 0 Å². The minimum absolute atomic E-state index is 0.122. The number of carbonyl (C=O) groups excluding carboxylic acids is 2. The fraction of sp³-hybridized carbons (Fsp3) is 0.435. The maximum atomic E-state index is 12.3. The number of pyridine rings is 2. The Balaban J connectivity index is 1.39. The fourth-order valence-electron chi connectivity index (χ4n) is 3.42. The van der Waals surface area contributed by atoms with E-state index in [1.54, 1.807) is 12.4 Å². The highest BCUT2D eigenvalue weighted by molar-refractivity contribution is 5.86. The summed E-state index contributed by atoms with van der Waals surface area (Å²) in [7, 11) is 0. The summed E-state index contributed by atoms with van der Waals surface area (Å²) in [6.45, 7) is 5.52. The number of aryl methyl sites for hydroxylation is 1. The molecule has 2 amide bonds. The second-order valence-corrected chi connectivity index (χ2v) is 8.22. The quantitative estimate of drug-likeness (QED) is 0.469. The Morgan fingerprint density at radius 1 is 1.22 bits per heavy atom. The summed E-state index contributed by atoms with van der Waals surface area (Å²) in [5.41, 5.74) is 3.39. The SMILES string of the molecule is CC(=O)NCCNC(=O)Cc1nccc2nn(Cc3cc(C)c(OCC4CC4)cn3)cc12. The van der Waals surface area contributed by atoms with Crippen LogP contribution in [-0.2, 0) is 22.6 Å². The standard InChI is InChI=1S/C23H28N6O3/c1-15-9-18(27-11-22(15)32-14-17-3-4-17)12-29-13-19-20(28-29)5-6-25-21(19)10-23(31)26-8-7-24-16(2)30/h5-6,9,11,13,17H,3-4,7-8,10,12,14H2,1-2H3,(H,24,30)(H,26,31). The zero-order chi connectivity index (χ0) is 22.5. The number of carbonyl (C=O) groups is 2. The molecule has 2 N–H and O–H groups in total. The van der Waals surface area contributed by atoms with Crippen molar-refractivity contribution in [3.8, 4) is 5.75 Å². The molecule has 0 saturated heterocycles. The molecule has 1 fully saturated rings. The van der Waals surface area contributed by atoms with Gasteiger partial charge in [-0.05, 0) is 43.4 Å². The Morgan fingerprint density at radius 3 is 2.78 bits per heavy atom. The molecule has 3 aromatic heterocycles. The zero-order valence-corrected chi connectivity index (χ0v) is 18.4. The molecule has 168 valence electrons. The van der Waals surface area contributed by atoms with Crippen LogP contribution in [0.5, 0.6) is 5.75 Å². The van der Waals surface area contributed by atoms with Crippen molar-refractivity contribution >= 4 is 22.7 Å². The molecule has 1 saturated carbocycles. The average molecular weight is 437 g/mol. The van der Waals surface area contributed by atoms with E-state index in [4.69, 9.17) is 4.74 Å². The van der Waals surface area contributed by atoms with Gasteiger partial charge < -0.3 is 15.4 Å². The molecule has 1 aliphatic carbocycles. The Labute approximate surface area is 186 Å². The predicted molar refractivity (Wildman–Crippen MR) is 119 cm³/mol. The van der Waals surface area contributed by atoms with Gasteiger partial charge in [-0.3, -0.25) is 24.2 Å². The minimum atomic E-state index is -0.151. The molecule has 3 heterocycles. The summed E-state index contributed by atoms with van der Waals surface area (Å²) >= 11 is 0. The van der Waals surface area contributed by atoms with Crippen LogP contribution in [0.25, 0.3) is 10.9 Å². The van der Waals surface area contributed by atoms with Gasteiger partial charge in [0, 0.05) is 37.8 Å². The van der Waals surface area contributed by atoms with E-state index in [-0.39, 0.29) is 18.2 Å². The molecule has 0 spiro atoms. The second-order valence-electron chi connectivity index (χ2n) is 8.22. The molecular formula is C23H28N6O3. The van der Waals surface area contributed by atoms with Crippen LogP contribution >= 0.6 is 0 Å². The maximum absolute atomic E-state index is 12.3. The van der Waals surface area contributed by atoms with E-state index in [0.717, 1.165) is 34.5 Å². The number of hydrogen-bond donors (Lipinski definition) is 2. The second kappa shape index (κ2) is 9.76. The van der Waals surface area contributed by atoms with Crippen molar-refractivity contribution < 1.29 is 14.3 Å². The first-order valence-electron chi connectivity index (χ1n) is 10.9. The van der Waals surface area contributed by atoms with Gasteiger partial charge >= 0.3 is 0 Å². The third-order valence-electron chi connectivity index (χ3n) is 5.33. The van der Waals surface area contributed by atoms with E-state index < -0.39 is 0 Å². The molecule has 0 unspecified atom stereocenters. The first-order valence-corrected chi connectivity index (χ1v) is 10.9. The highest BCUT2D eigenvalue weighted by Gasteiger charge is 2.22. The van der Waals surface area contributed by atoms with Crippen LogP contribution in [-0.4, -0.2) is 51.3 Å². The number of rotatable bonds is 10. The van der Waals surface area contributed by atoms with Crippen LogP contribution in [0.1, 0.15) is 36.7 Å². The Kier molecular flexibility index (Phi) is 6.63. The van der Waals surface area contributed by atoms with Crippen LogP contribution < -0.4 is 15.4 Å². The van der Waals surface area contributed by atoms with Crippen LogP contribution in [0.15, 0.2) is 30.7 Å². The molecule has 0 aromatic carbocycles. The predicted octanol–water partition coefficient (Wildman–Crippen LogP) is 1.77. The van der Waals surface area contributed by atoms with Crippen LogP contribution in [0.2, 0.25) is 0 Å². The lowest BCUT2D eigenvalue weighted by Crippen LogP contribution is -2.34. The molecule has 32 heavy (non-hydrogen) atoms. The monoisotopic (exact) mass is 436 g/mol. The number of fused-ring (bicyclic) bond motifs is 1. The van der Waals surface area contributed by atoms with Crippen molar-refractivity contribution in [1.29, 1.82) is 0 Å². The fourth-order valence-corrected chi connectivity index (χ4v) is 3.42. The molecule has 1 aliphatic rings. The van der Waals surface area contributed by atoms with E-state index in [2.05, 4.69) is 25.7 Å². The van der Waals surface area contributed by atoms with Crippen LogP contribution in [0, 0.1) is 12.8 Å². The van der Waals surface area contributed by atoms with Gasteiger partial charge in [0.05, 0.1) is 42.7 Å². The Bertz CT molecular complexity index is 1120. The summed E-state index contributed by atoms with van der Waals surface area (Å²) in [4.78, 5) is 32.1. The van der Waals surface area contributed by atoms with Crippen molar-refractivity contribution in [2.45, 2.75) is 39.7 Å². The Morgan fingerprint density at radius 2 is 2.03 bits per heavy atom. The highest BCUT2D eigenvalue weighted by atomic mass is 16.5. The zero-order valence-electron chi connectivity index (χ0n) is 18.4. The van der Waals surface area contributed by atoms with Crippen LogP contribution in [0.3, 0.4) is 0 Å². The minimum Gasteiger partial charge on any atom is -0.491 e. The number of aromatic nitrogens is 4. The molecule has 0 atom stereocenters. The lowest BCUT2D eigenvalue weighted by Gasteiger charge is -2.09. The molecule has 4 rings (SSSR count). The molecule has 0 aliphatic heterocycles. The molecule has 0 radical (unpaired) electrons. The Hall–Kier alpha value is -3.49. The van der Waals surface area contributed by atoms with Crippen LogP contribution in [0.4, 0.5) is 0 Å². The number of nitrogens with zero attached hydrogens (tertiary/aromatic N) is 4. The van der Waals surface area contributed by atoms with Gasteiger partial charge in [0.1, 0.15) is 5.75 Å². The summed E-state index contributed by atoms with van der Waals surface area (Å²) in [5.74, 6) is 1.26. The van der Waals surface area contributed by atoms with Gasteiger partial charge in [-0.25, -0.2) is 0 Å². The third kappa shape index (κ3) is 5.81. The smallest absolute Gasteiger partial charge is 0.226 e. The number of amides is 2. The summed E-state index contributed by atoms with van der Waals surface area (Å²) in [6, 6.07) is 3.85. The first kappa shape index (κ1) is 21.7. The van der Waals surface area contributed by atoms with Gasteiger partial charge in [-0.2, -0.15) is 5.10 Å². The maximum Gasteiger partial charge on any atom is 0.226 e. The van der Waals surface area contributed by atoms with E-state index in [1.807, 2.05) is 29.9 Å². The summed E-state index contributed by atoms with van der Waals surface area (Å²) in [6.07, 6.45) is 8.01. The lowest BCUT2D eigenvalue weighted by atomic mass is 10.2. The summed E-state index contributed by atoms with van der Waals surface area (Å²) in [5, 5.41) is 10.9. The van der Waals surface area contributed by atoms with Gasteiger partial charge in [0.2, 0.25) is 11.8 Å². The summed E-state index contributed by atoms with van der Waals surface area (Å²) < 4.78 is 7.68. The van der Waals surface area contributed by atoms with Crippen molar-refractivity contribution in [2.24, 2.45) is 5.92 Å². The van der Waals surface area contributed by atoms with E-state index >= 15 is 0 Å². The molecule has 9 nitrogen and oxygen atoms in total. The van der Waals surface area contributed by atoms with E-state index in [0.29, 0.717) is 31.2 Å². The molecule has 9 heteroatoms. The number of hydrogen-bond acceptors (Lipinski definition) is 6. The molecule has 0 bridgehead atoms. The number of ether oxygens (including phenoxy) is 1. The van der Waals surface area contributed by atoms with Gasteiger partial charge in [-0.15, -0.1) is 0 Å². The lowest BCUT2D eigenvalue weighted by molar-refractivity contribution is -0.121. The van der Waals surface area contributed by atoms with Gasteiger partial charge in [0.25, 0.3) is 0 Å². The normalized spacial score (nSPS) is 13.2. The van der Waals surface area contributed by atoms with Crippen molar-refractivity contribution in [2.75, 3.05) is 19.7 Å². The van der Waals surface area contributed by atoms with Crippen molar-refractivity contribution in [3.63, 3.8) is 0 Å². The highest BCUT2D eigenvalue weighted by Crippen LogP contribution is 2.30. The average Bonchev–Trinajstić information content (AvgIpc) is 3.48. The topological polar surface area (TPSA) is 111 Å². The van der Waals surface area contributed by atoms with E-state index in [9.17, 15) is 9.59 Å².